The maximum absolute atomic E-state index is 5.74. The van der Waals surface area contributed by atoms with Crippen molar-refractivity contribution in [1.29, 1.82) is 0 Å². The van der Waals surface area contributed by atoms with Gasteiger partial charge in [0, 0.05) is 33.2 Å². The molecule has 1 unspecified atom stereocenters. The van der Waals surface area contributed by atoms with E-state index in [4.69, 9.17) is 4.74 Å². The minimum atomic E-state index is 0. The first-order valence-corrected chi connectivity index (χ1v) is 7.48. The summed E-state index contributed by atoms with van der Waals surface area (Å²) in [4.78, 5) is 6.55. The van der Waals surface area contributed by atoms with E-state index in [-0.39, 0.29) is 30.1 Å². The second-order valence-corrected chi connectivity index (χ2v) is 5.49. The monoisotopic (exact) mass is 418 g/mol. The molecule has 2 N–H and O–H groups in total. The summed E-state index contributed by atoms with van der Waals surface area (Å²) in [6.07, 6.45) is 0.223. The zero-order valence-electron chi connectivity index (χ0n) is 13.6. The number of hydrogen-bond acceptors (Lipinski definition) is 3. The Bertz CT molecular complexity index is 481. The van der Waals surface area contributed by atoms with Crippen molar-refractivity contribution >= 4 is 29.9 Å². The van der Waals surface area contributed by atoms with Crippen LogP contribution < -0.4 is 10.6 Å². The SMILES string of the molecule is CN=C(NCc1ccccc1C)NCC1CN(C)CCO1.I. The molecule has 1 saturated heterocycles. The molecule has 1 fully saturated rings. The number of nitrogens with zero attached hydrogens (tertiary/aromatic N) is 2. The summed E-state index contributed by atoms with van der Waals surface area (Å²) in [5.41, 5.74) is 2.58. The van der Waals surface area contributed by atoms with Gasteiger partial charge in [-0.2, -0.15) is 0 Å². The van der Waals surface area contributed by atoms with Crippen LogP contribution in [0, 0.1) is 6.92 Å². The van der Waals surface area contributed by atoms with Gasteiger partial charge in [-0.05, 0) is 25.1 Å². The molecule has 1 aromatic carbocycles. The number of hydrogen-bond donors (Lipinski definition) is 2. The van der Waals surface area contributed by atoms with E-state index in [2.05, 4.69) is 58.8 Å². The zero-order chi connectivity index (χ0) is 15.1. The van der Waals surface area contributed by atoms with Crippen molar-refractivity contribution in [1.82, 2.24) is 15.5 Å². The van der Waals surface area contributed by atoms with Crippen LogP contribution in [0.4, 0.5) is 0 Å². The van der Waals surface area contributed by atoms with Gasteiger partial charge in [0.05, 0.1) is 12.7 Å². The number of nitrogens with one attached hydrogen (secondary N) is 2. The summed E-state index contributed by atoms with van der Waals surface area (Å²) >= 11 is 0. The van der Waals surface area contributed by atoms with Gasteiger partial charge >= 0.3 is 0 Å². The molecule has 0 bridgehead atoms. The number of benzene rings is 1. The van der Waals surface area contributed by atoms with Crippen molar-refractivity contribution in [3.8, 4) is 0 Å². The number of aryl methyl sites for hydroxylation is 1. The van der Waals surface area contributed by atoms with Crippen LogP contribution >= 0.6 is 24.0 Å². The largest absolute Gasteiger partial charge is 0.374 e. The molecule has 0 aliphatic carbocycles. The van der Waals surface area contributed by atoms with Crippen LogP contribution in [0.3, 0.4) is 0 Å². The highest BCUT2D eigenvalue weighted by atomic mass is 127. The number of morpholine rings is 1. The van der Waals surface area contributed by atoms with Gasteiger partial charge in [-0.1, -0.05) is 24.3 Å². The molecule has 0 aromatic heterocycles. The molecule has 1 atom stereocenters. The second-order valence-electron chi connectivity index (χ2n) is 5.49. The van der Waals surface area contributed by atoms with Crippen molar-refractivity contribution in [2.45, 2.75) is 19.6 Å². The molecule has 0 spiro atoms. The number of ether oxygens (including phenoxy) is 1. The predicted molar refractivity (Wildman–Crippen MR) is 102 cm³/mol. The quantitative estimate of drug-likeness (QED) is 0.443. The number of guanidine groups is 1. The number of rotatable bonds is 4. The van der Waals surface area contributed by atoms with Crippen LogP contribution in [0.1, 0.15) is 11.1 Å². The lowest BCUT2D eigenvalue weighted by atomic mass is 10.1. The maximum Gasteiger partial charge on any atom is 0.191 e. The van der Waals surface area contributed by atoms with E-state index in [9.17, 15) is 0 Å². The Labute approximate surface area is 150 Å². The minimum Gasteiger partial charge on any atom is -0.374 e. The van der Waals surface area contributed by atoms with E-state index in [1.807, 2.05) is 0 Å². The molecule has 5 nitrogen and oxygen atoms in total. The van der Waals surface area contributed by atoms with Crippen molar-refractivity contribution < 1.29 is 4.74 Å². The Morgan fingerprint density at radius 1 is 1.36 bits per heavy atom. The molecule has 2 rings (SSSR count). The van der Waals surface area contributed by atoms with E-state index in [1.54, 1.807) is 7.05 Å². The summed E-state index contributed by atoms with van der Waals surface area (Å²) in [6, 6.07) is 8.38. The summed E-state index contributed by atoms with van der Waals surface area (Å²) in [5, 5.41) is 6.68. The van der Waals surface area contributed by atoms with Gasteiger partial charge in [-0.15, -0.1) is 24.0 Å². The van der Waals surface area contributed by atoms with Crippen LogP contribution in [0.5, 0.6) is 0 Å². The standard InChI is InChI=1S/C16H26N4O.HI/c1-13-6-4-5-7-14(13)10-18-16(17-2)19-11-15-12-20(3)8-9-21-15;/h4-7,15H,8-12H2,1-3H3,(H2,17,18,19);1H. The van der Waals surface area contributed by atoms with Crippen LogP contribution in [-0.4, -0.2) is 57.3 Å². The summed E-state index contributed by atoms with van der Waals surface area (Å²) < 4.78 is 5.74. The van der Waals surface area contributed by atoms with Crippen molar-refractivity contribution in [3.05, 3.63) is 35.4 Å². The normalized spacial score (nSPS) is 19.4. The van der Waals surface area contributed by atoms with Crippen molar-refractivity contribution in [2.75, 3.05) is 40.3 Å². The molecule has 1 aliphatic rings. The summed E-state index contributed by atoms with van der Waals surface area (Å²) in [6.45, 7) is 6.45. The highest BCUT2D eigenvalue weighted by Crippen LogP contribution is 2.06. The Morgan fingerprint density at radius 2 is 2.14 bits per heavy atom. The molecule has 124 valence electrons. The molecule has 0 radical (unpaired) electrons. The first-order valence-electron chi connectivity index (χ1n) is 7.48. The molecule has 1 aromatic rings. The fourth-order valence-electron chi connectivity index (χ4n) is 2.41. The molecular formula is C16H27IN4O. The first kappa shape index (κ1) is 19.2. The molecule has 0 saturated carbocycles. The topological polar surface area (TPSA) is 48.9 Å². The van der Waals surface area contributed by atoms with Gasteiger partial charge in [-0.3, -0.25) is 4.99 Å². The van der Waals surface area contributed by atoms with Gasteiger partial charge in [0.15, 0.2) is 5.96 Å². The molecule has 0 amide bonds. The lowest BCUT2D eigenvalue weighted by Crippen LogP contribution is -2.48. The Hall–Kier alpha value is -0.860. The minimum absolute atomic E-state index is 0. The molecular weight excluding hydrogens is 391 g/mol. The van der Waals surface area contributed by atoms with Gasteiger partial charge in [0.1, 0.15) is 0 Å². The third-order valence-electron chi connectivity index (χ3n) is 3.77. The molecule has 22 heavy (non-hydrogen) atoms. The zero-order valence-corrected chi connectivity index (χ0v) is 16.0. The maximum atomic E-state index is 5.74. The van der Waals surface area contributed by atoms with Gasteiger partial charge < -0.3 is 20.3 Å². The van der Waals surface area contributed by atoms with E-state index in [0.29, 0.717) is 0 Å². The third-order valence-corrected chi connectivity index (χ3v) is 3.77. The van der Waals surface area contributed by atoms with Gasteiger partial charge in [-0.25, -0.2) is 0 Å². The number of likely N-dealkylation sites (N-methyl/N-ethyl adjacent to an activating group) is 1. The van der Waals surface area contributed by atoms with E-state index in [1.165, 1.54) is 11.1 Å². The lowest BCUT2D eigenvalue weighted by Gasteiger charge is -2.30. The number of halogens is 1. The predicted octanol–water partition coefficient (Wildman–Crippen LogP) is 1.61. The van der Waals surface area contributed by atoms with Gasteiger partial charge in [0.25, 0.3) is 0 Å². The Balaban J connectivity index is 0.00000242. The van der Waals surface area contributed by atoms with E-state index in [0.717, 1.165) is 38.7 Å². The molecule has 1 heterocycles. The fraction of sp³-hybridized carbons (Fsp3) is 0.562. The fourth-order valence-corrected chi connectivity index (χ4v) is 2.41. The lowest BCUT2D eigenvalue weighted by molar-refractivity contribution is -0.0161. The molecule has 6 heteroatoms. The second kappa shape index (κ2) is 10.0. The average Bonchev–Trinajstić information content (AvgIpc) is 2.49. The first-order chi connectivity index (χ1) is 10.2. The van der Waals surface area contributed by atoms with Crippen LogP contribution in [0.15, 0.2) is 29.3 Å². The van der Waals surface area contributed by atoms with Gasteiger partial charge in [0.2, 0.25) is 0 Å². The van der Waals surface area contributed by atoms with Crippen LogP contribution in [-0.2, 0) is 11.3 Å². The Morgan fingerprint density at radius 3 is 2.82 bits per heavy atom. The van der Waals surface area contributed by atoms with E-state index >= 15 is 0 Å². The van der Waals surface area contributed by atoms with Crippen molar-refractivity contribution in [2.24, 2.45) is 4.99 Å². The average molecular weight is 418 g/mol. The number of aliphatic imine (C=N–C) groups is 1. The summed E-state index contributed by atoms with van der Waals surface area (Å²) in [7, 11) is 3.92. The highest BCUT2D eigenvalue weighted by Gasteiger charge is 2.17. The van der Waals surface area contributed by atoms with Crippen LogP contribution in [0.2, 0.25) is 0 Å². The third kappa shape index (κ3) is 6.10. The van der Waals surface area contributed by atoms with Crippen LogP contribution in [0.25, 0.3) is 0 Å². The van der Waals surface area contributed by atoms with E-state index < -0.39 is 0 Å². The molecule has 1 aliphatic heterocycles. The summed E-state index contributed by atoms with van der Waals surface area (Å²) in [5.74, 6) is 0.815. The van der Waals surface area contributed by atoms with Crippen molar-refractivity contribution in [3.63, 3.8) is 0 Å². The smallest absolute Gasteiger partial charge is 0.191 e. The Kier molecular flexibility index (Phi) is 8.74. The highest BCUT2D eigenvalue weighted by molar-refractivity contribution is 14.0.